The van der Waals surface area contributed by atoms with Crippen molar-refractivity contribution in [2.45, 2.75) is 51.4 Å². The summed E-state index contributed by atoms with van der Waals surface area (Å²) in [5.41, 5.74) is 9.75. The number of hydrogen-bond donors (Lipinski definition) is 4. The average Bonchev–Trinajstić information content (AvgIpc) is 3.01. The number of nitrogens with zero attached hydrogens (tertiary/aromatic N) is 1. The molecular formula is C27H41N5O. The number of carbonyl (C=O) groups excluding carboxylic acids is 1. The number of amides is 2. The van der Waals surface area contributed by atoms with E-state index < -0.39 is 0 Å². The lowest BCUT2D eigenvalue weighted by atomic mass is 10.0. The molecule has 0 unspecified atom stereocenters. The van der Waals surface area contributed by atoms with Crippen LogP contribution in [-0.2, 0) is 0 Å². The van der Waals surface area contributed by atoms with Gasteiger partial charge in [-0.2, -0.15) is 0 Å². The van der Waals surface area contributed by atoms with Crippen molar-refractivity contribution in [1.29, 1.82) is 0 Å². The third kappa shape index (κ3) is 8.14. The Hall–Kier alpha value is -2.41. The Bertz CT molecular complexity index is 830. The van der Waals surface area contributed by atoms with Crippen LogP contribution in [0.4, 0.5) is 10.5 Å². The molecule has 0 radical (unpaired) electrons. The Morgan fingerprint density at radius 3 is 2.24 bits per heavy atom. The second-order valence-corrected chi connectivity index (χ2v) is 8.71. The SMILES string of the molecule is NCCCCNCCCCNCCCCNC(=O)N1C2=C(C=CCC2)C=Cc2ccccc21. The molecule has 5 N–H and O–H groups in total. The topological polar surface area (TPSA) is 82.4 Å². The molecule has 2 aliphatic rings. The van der Waals surface area contributed by atoms with E-state index in [0.29, 0.717) is 6.54 Å². The molecule has 33 heavy (non-hydrogen) atoms. The van der Waals surface area contributed by atoms with Crippen molar-refractivity contribution in [2.75, 3.05) is 44.2 Å². The molecule has 0 spiro atoms. The van der Waals surface area contributed by atoms with Crippen molar-refractivity contribution >= 4 is 17.8 Å². The van der Waals surface area contributed by atoms with Gasteiger partial charge >= 0.3 is 6.03 Å². The van der Waals surface area contributed by atoms with Crippen LogP contribution in [0.3, 0.4) is 0 Å². The molecular weight excluding hydrogens is 410 g/mol. The van der Waals surface area contributed by atoms with E-state index >= 15 is 0 Å². The van der Waals surface area contributed by atoms with E-state index in [1.807, 2.05) is 23.1 Å². The number of allylic oxidation sites excluding steroid dienone is 5. The van der Waals surface area contributed by atoms with Gasteiger partial charge in [0.25, 0.3) is 0 Å². The number of urea groups is 1. The first-order valence-electron chi connectivity index (χ1n) is 12.7. The van der Waals surface area contributed by atoms with Gasteiger partial charge in [0.15, 0.2) is 0 Å². The monoisotopic (exact) mass is 451 g/mol. The maximum atomic E-state index is 13.2. The van der Waals surface area contributed by atoms with Gasteiger partial charge in [-0.05, 0) is 101 Å². The summed E-state index contributed by atoms with van der Waals surface area (Å²) < 4.78 is 0. The van der Waals surface area contributed by atoms with E-state index in [-0.39, 0.29) is 6.03 Å². The number of anilines is 1. The van der Waals surface area contributed by atoms with E-state index in [2.05, 4.69) is 46.3 Å². The van der Waals surface area contributed by atoms with E-state index in [4.69, 9.17) is 5.73 Å². The lowest BCUT2D eigenvalue weighted by molar-refractivity contribution is 0.247. The Morgan fingerprint density at radius 1 is 0.848 bits per heavy atom. The largest absolute Gasteiger partial charge is 0.337 e. The summed E-state index contributed by atoms with van der Waals surface area (Å²) in [6.07, 6.45) is 17.1. The summed E-state index contributed by atoms with van der Waals surface area (Å²) in [6.45, 7) is 5.69. The van der Waals surface area contributed by atoms with E-state index in [9.17, 15) is 4.79 Å². The number of nitrogens with one attached hydrogen (secondary N) is 3. The van der Waals surface area contributed by atoms with Gasteiger partial charge < -0.3 is 21.7 Å². The molecule has 1 aromatic rings. The molecule has 2 amide bonds. The maximum Gasteiger partial charge on any atom is 0.326 e. The number of benzene rings is 1. The fourth-order valence-electron chi connectivity index (χ4n) is 4.25. The zero-order valence-electron chi connectivity index (χ0n) is 20.0. The number of fused-ring (bicyclic) bond motifs is 1. The van der Waals surface area contributed by atoms with Gasteiger partial charge in [0.2, 0.25) is 0 Å². The second kappa shape index (κ2) is 14.7. The molecule has 0 bridgehead atoms. The second-order valence-electron chi connectivity index (χ2n) is 8.71. The first kappa shape index (κ1) is 25.2. The van der Waals surface area contributed by atoms with Gasteiger partial charge in [0.05, 0.1) is 5.69 Å². The van der Waals surface area contributed by atoms with Crippen LogP contribution < -0.4 is 26.6 Å². The van der Waals surface area contributed by atoms with Crippen LogP contribution in [0.1, 0.15) is 56.9 Å². The zero-order valence-corrected chi connectivity index (χ0v) is 20.0. The molecule has 3 rings (SSSR count). The molecule has 1 heterocycles. The van der Waals surface area contributed by atoms with E-state index in [1.54, 1.807) is 0 Å². The third-order valence-corrected chi connectivity index (χ3v) is 6.09. The van der Waals surface area contributed by atoms with Gasteiger partial charge in [0.1, 0.15) is 0 Å². The van der Waals surface area contributed by atoms with Crippen LogP contribution in [0, 0.1) is 0 Å². The summed E-state index contributed by atoms with van der Waals surface area (Å²) in [5, 5.41) is 10.1. The van der Waals surface area contributed by atoms with Crippen molar-refractivity contribution in [3.63, 3.8) is 0 Å². The summed E-state index contributed by atoms with van der Waals surface area (Å²) in [7, 11) is 0. The Labute approximate surface area is 199 Å². The van der Waals surface area contributed by atoms with E-state index in [0.717, 1.165) is 87.3 Å². The van der Waals surface area contributed by atoms with Gasteiger partial charge in [0, 0.05) is 12.2 Å². The van der Waals surface area contributed by atoms with Crippen molar-refractivity contribution in [3.8, 4) is 0 Å². The zero-order chi connectivity index (χ0) is 23.1. The smallest absolute Gasteiger partial charge is 0.326 e. The number of rotatable bonds is 14. The van der Waals surface area contributed by atoms with Crippen molar-refractivity contribution < 1.29 is 4.79 Å². The summed E-state index contributed by atoms with van der Waals surface area (Å²) in [6, 6.07) is 8.10. The van der Waals surface area contributed by atoms with Crippen LogP contribution in [0.25, 0.3) is 6.08 Å². The highest BCUT2D eigenvalue weighted by Crippen LogP contribution is 2.34. The summed E-state index contributed by atoms with van der Waals surface area (Å²) >= 11 is 0. The molecule has 180 valence electrons. The molecule has 0 saturated carbocycles. The van der Waals surface area contributed by atoms with Gasteiger partial charge in [-0.15, -0.1) is 0 Å². The summed E-state index contributed by atoms with van der Waals surface area (Å²) in [5.74, 6) is 0. The minimum Gasteiger partial charge on any atom is -0.337 e. The van der Waals surface area contributed by atoms with Crippen molar-refractivity contribution in [3.05, 3.63) is 59.3 Å². The minimum atomic E-state index is -0.0270. The Morgan fingerprint density at radius 2 is 1.52 bits per heavy atom. The van der Waals surface area contributed by atoms with Gasteiger partial charge in [-0.3, -0.25) is 4.90 Å². The molecule has 1 aliphatic carbocycles. The molecule has 6 heteroatoms. The first-order chi connectivity index (χ1) is 16.3. The fourth-order valence-corrected chi connectivity index (χ4v) is 4.25. The first-order valence-corrected chi connectivity index (χ1v) is 12.7. The molecule has 0 aromatic heterocycles. The third-order valence-electron chi connectivity index (χ3n) is 6.09. The van der Waals surface area contributed by atoms with Crippen LogP contribution in [0.2, 0.25) is 0 Å². The lowest BCUT2D eigenvalue weighted by Crippen LogP contribution is -2.40. The number of unbranched alkanes of at least 4 members (excludes halogenated alkanes) is 3. The molecule has 1 aromatic carbocycles. The quantitative estimate of drug-likeness (QED) is 0.318. The molecule has 0 fully saturated rings. The standard InChI is InChI=1S/C27H41N5O/c28-17-5-6-18-29-19-7-8-20-30-21-9-10-22-31-27(33)32-25-13-3-1-11-23(25)15-16-24-12-2-4-14-26(24)32/h1-3,11-13,15-16,29-30H,4-10,14,17-22,28H2,(H,31,33). The Balaban J connectivity index is 1.33. The fraction of sp³-hybridized carbons (Fsp3) is 0.519. The highest BCUT2D eigenvalue weighted by Gasteiger charge is 2.25. The number of para-hydroxylation sites is 1. The van der Waals surface area contributed by atoms with Gasteiger partial charge in [-0.1, -0.05) is 42.5 Å². The maximum absolute atomic E-state index is 13.2. The van der Waals surface area contributed by atoms with Crippen molar-refractivity contribution in [1.82, 2.24) is 16.0 Å². The highest BCUT2D eigenvalue weighted by atomic mass is 16.2. The minimum absolute atomic E-state index is 0.0270. The Kier molecular flexibility index (Phi) is 11.2. The molecule has 6 nitrogen and oxygen atoms in total. The predicted molar refractivity (Wildman–Crippen MR) is 139 cm³/mol. The molecule has 0 atom stereocenters. The van der Waals surface area contributed by atoms with Crippen LogP contribution in [0.5, 0.6) is 0 Å². The average molecular weight is 452 g/mol. The van der Waals surface area contributed by atoms with Crippen LogP contribution >= 0.6 is 0 Å². The number of hydrogen-bond acceptors (Lipinski definition) is 4. The predicted octanol–water partition coefficient (Wildman–Crippen LogP) is 4.31. The number of carbonyl (C=O) groups is 1. The molecule has 1 aliphatic heterocycles. The highest BCUT2D eigenvalue weighted by molar-refractivity contribution is 5.98. The molecule has 0 saturated heterocycles. The van der Waals surface area contributed by atoms with Gasteiger partial charge in [-0.25, -0.2) is 4.79 Å². The summed E-state index contributed by atoms with van der Waals surface area (Å²) in [4.78, 5) is 15.1. The normalized spacial score (nSPS) is 14.8. The lowest BCUT2D eigenvalue weighted by Gasteiger charge is -2.28. The van der Waals surface area contributed by atoms with Crippen molar-refractivity contribution in [2.24, 2.45) is 5.73 Å². The van der Waals surface area contributed by atoms with E-state index in [1.165, 1.54) is 19.3 Å². The van der Waals surface area contributed by atoms with Crippen LogP contribution in [0.15, 0.2) is 53.8 Å². The van der Waals surface area contributed by atoms with Crippen LogP contribution in [-0.4, -0.2) is 45.3 Å². The number of nitrogens with two attached hydrogens (primary N) is 1.